The van der Waals surface area contributed by atoms with Gasteiger partial charge in [-0.2, -0.15) is 26.3 Å². The number of thiazole rings is 2. The van der Waals surface area contributed by atoms with E-state index in [1.807, 2.05) is 0 Å². The molecule has 0 bridgehead atoms. The quantitative estimate of drug-likeness (QED) is 0.417. The van der Waals surface area contributed by atoms with Crippen molar-refractivity contribution in [2.45, 2.75) is 25.2 Å². The molecule has 0 radical (unpaired) electrons. The van der Waals surface area contributed by atoms with Crippen LogP contribution in [0.15, 0.2) is 15.8 Å². The van der Waals surface area contributed by atoms with E-state index in [0.29, 0.717) is 29.1 Å². The van der Waals surface area contributed by atoms with Crippen molar-refractivity contribution in [2.24, 2.45) is 4.99 Å². The van der Waals surface area contributed by atoms with Gasteiger partial charge in [-0.3, -0.25) is 4.99 Å². The van der Waals surface area contributed by atoms with Gasteiger partial charge in [0.05, 0.1) is 10.0 Å². The number of halogens is 6. The van der Waals surface area contributed by atoms with Crippen LogP contribution in [0.2, 0.25) is 0 Å². The lowest BCUT2D eigenvalue weighted by Gasteiger charge is -2.10. The van der Waals surface area contributed by atoms with Crippen molar-refractivity contribution < 1.29 is 26.3 Å². The number of nitrogens with zero attached hydrogens (tertiary/aromatic N) is 3. The molecule has 2 aromatic rings. The van der Waals surface area contributed by atoms with Crippen molar-refractivity contribution in [3.05, 3.63) is 32.2 Å². The van der Waals surface area contributed by atoms with Gasteiger partial charge in [-0.25, -0.2) is 9.97 Å². The minimum absolute atomic E-state index is 0.281. The van der Waals surface area contributed by atoms with E-state index in [0.717, 1.165) is 33.4 Å². The van der Waals surface area contributed by atoms with E-state index < -0.39 is 23.7 Å². The monoisotopic (exact) mass is 431 g/mol. The fourth-order valence-corrected chi connectivity index (χ4v) is 3.52. The van der Waals surface area contributed by atoms with Gasteiger partial charge in [0.25, 0.3) is 0 Å². The number of hydrogen-bond acceptors (Lipinski definition) is 5. The molecule has 0 fully saturated rings. The van der Waals surface area contributed by atoms with Gasteiger partial charge in [0.2, 0.25) is 0 Å². The van der Waals surface area contributed by atoms with E-state index >= 15 is 0 Å². The third-order valence-electron chi connectivity index (χ3n) is 3.17. The number of rotatable bonds is 6. The first-order chi connectivity index (χ1) is 12.6. The van der Waals surface area contributed by atoms with E-state index in [-0.39, 0.29) is 12.8 Å². The predicted molar refractivity (Wildman–Crippen MR) is 91.0 cm³/mol. The summed E-state index contributed by atoms with van der Waals surface area (Å²) in [6.07, 6.45) is -8.35. The first-order valence-electron chi connectivity index (χ1n) is 7.57. The van der Waals surface area contributed by atoms with Crippen molar-refractivity contribution in [3.8, 4) is 0 Å². The molecule has 0 saturated heterocycles. The van der Waals surface area contributed by atoms with Crippen LogP contribution < -0.4 is 10.6 Å². The highest BCUT2D eigenvalue weighted by Gasteiger charge is 2.34. The molecule has 0 aromatic carbocycles. The third-order valence-corrected chi connectivity index (χ3v) is 4.99. The lowest BCUT2D eigenvalue weighted by molar-refractivity contribution is -0.141. The van der Waals surface area contributed by atoms with Crippen LogP contribution in [0.3, 0.4) is 0 Å². The average molecular weight is 431 g/mol. The number of alkyl halides is 6. The maximum Gasteiger partial charge on any atom is 0.434 e. The minimum atomic E-state index is -4.46. The zero-order chi connectivity index (χ0) is 20.1. The molecule has 5 nitrogen and oxygen atoms in total. The summed E-state index contributed by atoms with van der Waals surface area (Å²) in [5, 5.41) is 8.43. The molecule has 0 aliphatic rings. The first-order valence-corrected chi connectivity index (χ1v) is 9.33. The molecule has 0 amide bonds. The van der Waals surface area contributed by atoms with Crippen LogP contribution in [-0.2, 0) is 25.2 Å². The summed E-state index contributed by atoms with van der Waals surface area (Å²) < 4.78 is 74.9. The Morgan fingerprint density at radius 1 is 0.889 bits per heavy atom. The van der Waals surface area contributed by atoms with Crippen molar-refractivity contribution in [2.75, 3.05) is 20.1 Å². The normalized spacial score (nSPS) is 12.1. The Morgan fingerprint density at radius 3 is 1.59 bits per heavy atom. The number of hydrogen-bond donors (Lipinski definition) is 2. The molecule has 0 unspecified atom stereocenters. The summed E-state index contributed by atoms with van der Waals surface area (Å²) in [4.78, 5) is 11.0. The molecular weight excluding hydrogens is 416 g/mol. The van der Waals surface area contributed by atoms with Gasteiger partial charge in [-0.1, -0.05) is 0 Å². The highest BCUT2D eigenvalue weighted by Crippen LogP contribution is 2.30. The lowest BCUT2D eigenvalue weighted by atomic mass is 10.4. The number of guanidine groups is 1. The van der Waals surface area contributed by atoms with Gasteiger partial charge in [0.1, 0.15) is 0 Å². The van der Waals surface area contributed by atoms with E-state index in [4.69, 9.17) is 0 Å². The van der Waals surface area contributed by atoms with E-state index in [9.17, 15) is 26.3 Å². The summed E-state index contributed by atoms with van der Waals surface area (Å²) in [6, 6.07) is 0. The Balaban J connectivity index is 1.73. The lowest BCUT2D eigenvalue weighted by Crippen LogP contribution is -2.39. The van der Waals surface area contributed by atoms with E-state index in [1.165, 1.54) is 7.05 Å². The zero-order valence-corrected chi connectivity index (χ0v) is 15.5. The molecule has 2 aromatic heterocycles. The maximum absolute atomic E-state index is 12.5. The van der Waals surface area contributed by atoms with Gasteiger partial charge in [-0.15, -0.1) is 22.7 Å². The van der Waals surface area contributed by atoms with Crippen LogP contribution in [0.25, 0.3) is 0 Å². The second kappa shape index (κ2) is 8.87. The summed E-state index contributed by atoms with van der Waals surface area (Å²) >= 11 is 1.85. The van der Waals surface area contributed by atoms with Crippen molar-refractivity contribution in [1.29, 1.82) is 0 Å². The highest BCUT2D eigenvalue weighted by molar-refractivity contribution is 7.09. The van der Waals surface area contributed by atoms with Crippen LogP contribution in [-0.4, -0.2) is 36.1 Å². The molecule has 13 heteroatoms. The van der Waals surface area contributed by atoms with Gasteiger partial charge >= 0.3 is 12.4 Å². The van der Waals surface area contributed by atoms with Crippen molar-refractivity contribution in [1.82, 2.24) is 20.6 Å². The topological polar surface area (TPSA) is 62.2 Å². The Labute approximate surface area is 158 Å². The second-order valence-electron chi connectivity index (χ2n) is 5.17. The predicted octanol–water partition coefficient (Wildman–Crippen LogP) is 3.59. The molecule has 0 spiro atoms. The van der Waals surface area contributed by atoms with Crippen LogP contribution in [0.5, 0.6) is 0 Å². The Bertz CT molecular complexity index is 704. The van der Waals surface area contributed by atoms with E-state index in [1.54, 1.807) is 0 Å². The van der Waals surface area contributed by atoms with Crippen LogP contribution in [0.4, 0.5) is 26.3 Å². The fraction of sp³-hybridized carbons (Fsp3) is 0.500. The van der Waals surface area contributed by atoms with Crippen LogP contribution in [0, 0.1) is 0 Å². The molecule has 0 saturated carbocycles. The van der Waals surface area contributed by atoms with Crippen molar-refractivity contribution in [3.63, 3.8) is 0 Å². The molecule has 0 aliphatic heterocycles. The maximum atomic E-state index is 12.5. The molecular formula is C14H15F6N5S2. The zero-order valence-electron chi connectivity index (χ0n) is 13.9. The van der Waals surface area contributed by atoms with Gasteiger partial charge < -0.3 is 10.6 Å². The third kappa shape index (κ3) is 6.65. The Kier molecular flexibility index (Phi) is 7.03. The molecule has 27 heavy (non-hydrogen) atoms. The standard InChI is InChI=1S/C14H15F6N5S2/c1-21-12(22-4-2-10-24-8(6-26-10)13(15,16)17)23-5-3-11-25-9(7-27-11)14(18,19)20/h6-7H,2-5H2,1H3,(H2,21,22,23). The fourth-order valence-electron chi connectivity index (χ4n) is 1.91. The molecule has 0 atom stereocenters. The Morgan fingerprint density at radius 2 is 1.30 bits per heavy atom. The molecule has 2 N–H and O–H groups in total. The smallest absolute Gasteiger partial charge is 0.356 e. The number of nitrogens with one attached hydrogen (secondary N) is 2. The van der Waals surface area contributed by atoms with Gasteiger partial charge in [0, 0.05) is 43.7 Å². The molecule has 2 rings (SSSR count). The van der Waals surface area contributed by atoms with Gasteiger partial charge in [-0.05, 0) is 0 Å². The Hall–Kier alpha value is -1.89. The molecule has 2 heterocycles. The first kappa shape index (κ1) is 21.4. The second-order valence-corrected chi connectivity index (χ2v) is 7.06. The largest absolute Gasteiger partial charge is 0.434 e. The summed E-state index contributed by atoms with van der Waals surface area (Å²) in [6.45, 7) is 0.611. The average Bonchev–Trinajstić information content (AvgIpc) is 3.21. The van der Waals surface area contributed by atoms with Crippen LogP contribution >= 0.6 is 22.7 Å². The van der Waals surface area contributed by atoms with Gasteiger partial charge in [0.15, 0.2) is 17.3 Å². The number of aromatic nitrogens is 2. The minimum Gasteiger partial charge on any atom is -0.356 e. The highest BCUT2D eigenvalue weighted by atomic mass is 32.1. The summed E-state index contributed by atoms with van der Waals surface area (Å²) in [7, 11) is 1.51. The summed E-state index contributed by atoms with van der Waals surface area (Å²) in [5.41, 5.74) is -1.82. The molecule has 150 valence electrons. The summed E-state index contributed by atoms with van der Waals surface area (Å²) in [5.74, 6) is 0.384. The molecule has 0 aliphatic carbocycles. The van der Waals surface area contributed by atoms with Crippen molar-refractivity contribution >= 4 is 28.6 Å². The number of aliphatic imine (C=N–C) groups is 1. The van der Waals surface area contributed by atoms with Crippen LogP contribution in [0.1, 0.15) is 21.4 Å². The SMILES string of the molecule is CN=C(NCCc1nc(C(F)(F)F)cs1)NCCc1nc(C(F)(F)F)cs1. The van der Waals surface area contributed by atoms with E-state index in [2.05, 4.69) is 25.6 Å².